The van der Waals surface area contributed by atoms with E-state index >= 15 is 0 Å². The lowest BCUT2D eigenvalue weighted by molar-refractivity contribution is 0.0844. The molecule has 0 spiro atoms. The van der Waals surface area contributed by atoms with Crippen molar-refractivity contribution in [3.63, 3.8) is 0 Å². The molecular weight excluding hydrogens is 392 g/mol. The molecule has 1 atom stereocenters. The highest BCUT2D eigenvalue weighted by molar-refractivity contribution is 6.03. The molecule has 0 aliphatic carbocycles. The molecule has 0 bridgehead atoms. The third-order valence-corrected chi connectivity index (χ3v) is 5.51. The second-order valence-corrected chi connectivity index (χ2v) is 8.33. The third kappa shape index (κ3) is 5.48. The van der Waals surface area contributed by atoms with Crippen LogP contribution >= 0.6 is 0 Å². The van der Waals surface area contributed by atoms with Crippen molar-refractivity contribution in [1.82, 2.24) is 0 Å². The molecule has 5 heteroatoms. The summed E-state index contributed by atoms with van der Waals surface area (Å²) >= 11 is 0. The number of ether oxygens (including phenoxy) is 1. The second kappa shape index (κ2) is 9.73. The van der Waals surface area contributed by atoms with Gasteiger partial charge in [0.15, 0.2) is 5.78 Å². The quantitative estimate of drug-likeness (QED) is 0.467. The number of phenolic OH excluding ortho intramolecular Hbond substituents is 3. The summed E-state index contributed by atoms with van der Waals surface area (Å²) in [5.41, 5.74) is 3.80. The number of carbonyl (C=O) groups is 1. The van der Waals surface area contributed by atoms with Crippen molar-refractivity contribution in [1.29, 1.82) is 0 Å². The molecule has 1 aliphatic heterocycles. The van der Waals surface area contributed by atoms with Gasteiger partial charge in [0.05, 0.1) is 6.42 Å². The third-order valence-electron chi connectivity index (χ3n) is 5.51. The van der Waals surface area contributed by atoms with Crippen LogP contribution in [0.1, 0.15) is 74.0 Å². The van der Waals surface area contributed by atoms with Gasteiger partial charge in [0.25, 0.3) is 0 Å². The summed E-state index contributed by atoms with van der Waals surface area (Å²) in [6.07, 6.45) is 6.92. The van der Waals surface area contributed by atoms with Crippen molar-refractivity contribution in [2.75, 3.05) is 0 Å². The zero-order valence-corrected chi connectivity index (χ0v) is 18.3. The first kappa shape index (κ1) is 22.5. The van der Waals surface area contributed by atoms with E-state index in [1.807, 2.05) is 0 Å². The number of ketones is 1. The highest BCUT2D eigenvalue weighted by Gasteiger charge is 2.32. The molecule has 0 saturated carbocycles. The normalized spacial score (nSPS) is 15.9. The highest BCUT2D eigenvalue weighted by Crippen LogP contribution is 2.45. The van der Waals surface area contributed by atoms with Crippen molar-refractivity contribution in [3.05, 3.63) is 70.3 Å². The standard InChI is InChI=1S/C26H30O5/c1-16(2)6-4-7-17(3)8-5-9-20-21(28)14-24-25(26(20)30)22(29)15-23(31-24)18-10-12-19(27)13-11-18/h6,8,10-14,23,27-28,30H,4-5,7,9,15H2,1-3H3/t23-/m0/s1. The molecule has 1 heterocycles. The van der Waals surface area contributed by atoms with Crippen LogP contribution in [0.5, 0.6) is 23.0 Å². The van der Waals surface area contributed by atoms with Crippen molar-refractivity contribution in [3.8, 4) is 23.0 Å². The zero-order chi connectivity index (χ0) is 22.5. The van der Waals surface area contributed by atoms with Gasteiger partial charge in [0, 0.05) is 11.6 Å². The minimum atomic E-state index is -0.531. The highest BCUT2D eigenvalue weighted by atomic mass is 16.5. The average Bonchev–Trinajstić information content (AvgIpc) is 2.70. The van der Waals surface area contributed by atoms with Gasteiger partial charge in [0.1, 0.15) is 34.7 Å². The van der Waals surface area contributed by atoms with Gasteiger partial charge in [-0.3, -0.25) is 4.79 Å². The molecule has 0 saturated heterocycles. The monoisotopic (exact) mass is 422 g/mol. The van der Waals surface area contributed by atoms with Crippen LogP contribution in [0.3, 0.4) is 0 Å². The van der Waals surface area contributed by atoms with Gasteiger partial charge in [-0.15, -0.1) is 0 Å². The Kier molecular flexibility index (Phi) is 7.06. The van der Waals surface area contributed by atoms with Crippen LogP contribution in [0.4, 0.5) is 0 Å². The van der Waals surface area contributed by atoms with E-state index in [1.54, 1.807) is 12.1 Å². The Bertz CT molecular complexity index is 1010. The van der Waals surface area contributed by atoms with Crippen molar-refractivity contribution >= 4 is 5.78 Å². The van der Waals surface area contributed by atoms with Crippen LogP contribution in [0.2, 0.25) is 0 Å². The lowest BCUT2D eigenvalue weighted by Gasteiger charge is -2.27. The summed E-state index contributed by atoms with van der Waals surface area (Å²) in [7, 11) is 0. The molecule has 31 heavy (non-hydrogen) atoms. The maximum Gasteiger partial charge on any atom is 0.174 e. The Balaban J connectivity index is 1.75. The van der Waals surface area contributed by atoms with Gasteiger partial charge in [-0.2, -0.15) is 0 Å². The number of carbonyl (C=O) groups excluding carboxylic acids is 1. The topological polar surface area (TPSA) is 87.0 Å². The van der Waals surface area contributed by atoms with Crippen molar-refractivity contribution in [2.45, 2.75) is 59.0 Å². The van der Waals surface area contributed by atoms with Crippen LogP contribution in [0.25, 0.3) is 0 Å². The first-order chi connectivity index (χ1) is 14.8. The van der Waals surface area contributed by atoms with E-state index < -0.39 is 6.10 Å². The first-order valence-electron chi connectivity index (χ1n) is 10.6. The van der Waals surface area contributed by atoms with E-state index in [0.717, 1.165) is 18.4 Å². The van der Waals surface area contributed by atoms with Gasteiger partial charge in [0.2, 0.25) is 0 Å². The van der Waals surface area contributed by atoms with Crippen LogP contribution in [0, 0.1) is 0 Å². The minimum absolute atomic E-state index is 0.0778. The van der Waals surface area contributed by atoms with E-state index in [1.165, 1.54) is 29.3 Å². The SMILES string of the molecule is CC(C)=CCCC(C)=CCCc1c(O)cc2c(c1O)C(=O)C[C@@H](c1ccc(O)cc1)O2. The fourth-order valence-electron chi connectivity index (χ4n) is 3.77. The van der Waals surface area contributed by atoms with Gasteiger partial charge in [-0.25, -0.2) is 0 Å². The van der Waals surface area contributed by atoms with Gasteiger partial charge < -0.3 is 20.1 Å². The summed E-state index contributed by atoms with van der Waals surface area (Å²) in [5, 5.41) is 30.7. The Labute approximate surface area is 183 Å². The predicted octanol–water partition coefficient (Wildman–Crippen LogP) is 6.14. The van der Waals surface area contributed by atoms with Gasteiger partial charge in [-0.1, -0.05) is 35.4 Å². The summed E-state index contributed by atoms with van der Waals surface area (Å²) < 4.78 is 5.91. The molecule has 0 unspecified atom stereocenters. The molecular formula is C26H30O5. The fraction of sp³-hybridized carbons (Fsp3) is 0.346. The van der Waals surface area contributed by atoms with E-state index in [4.69, 9.17) is 4.74 Å². The maximum absolute atomic E-state index is 12.8. The molecule has 0 aromatic heterocycles. The van der Waals surface area contributed by atoms with Crippen molar-refractivity contribution < 1.29 is 24.9 Å². The molecule has 1 aliphatic rings. The van der Waals surface area contributed by atoms with E-state index in [2.05, 4.69) is 32.9 Å². The van der Waals surface area contributed by atoms with Crippen LogP contribution in [-0.4, -0.2) is 21.1 Å². The largest absolute Gasteiger partial charge is 0.508 e. The van der Waals surface area contributed by atoms with Gasteiger partial charge in [-0.05, 0) is 64.2 Å². The molecule has 3 rings (SSSR count). The number of benzene rings is 2. The Hall–Kier alpha value is -3.21. The van der Waals surface area contributed by atoms with Gasteiger partial charge >= 0.3 is 0 Å². The molecule has 0 radical (unpaired) electrons. The van der Waals surface area contributed by atoms with E-state index in [-0.39, 0.29) is 40.8 Å². The summed E-state index contributed by atoms with van der Waals surface area (Å²) in [5.74, 6) is -0.189. The van der Waals surface area contributed by atoms with E-state index in [0.29, 0.717) is 18.4 Å². The molecule has 3 N–H and O–H groups in total. The number of hydrogen-bond acceptors (Lipinski definition) is 5. The molecule has 2 aromatic rings. The lowest BCUT2D eigenvalue weighted by Crippen LogP contribution is -2.21. The molecule has 0 amide bonds. The number of Topliss-reactive ketones (excluding diaryl/α,β-unsaturated/α-hetero) is 1. The number of fused-ring (bicyclic) bond motifs is 1. The Morgan fingerprint density at radius 2 is 1.77 bits per heavy atom. The summed E-state index contributed by atoms with van der Waals surface area (Å²) in [4.78, 5) is 12.8. The lowest BCUT2D eigenvalue weighted by atomic mass is 9.92. The molecule has 0 fully saturated rings. The van der Waals surface area contributed by atoms with E-state index in [9.17, 15) is 20.1 Å². The minimum Gasteiger partial charge on any atom is -0.508 e. The number of phenols is 3. The average molecular weight is 423 g/mol. The molecule has 5 nitrogen and oxygen atoms in total. The zero-order valence-electron chi connectivity index (χ0n) is 18.3. The first-order valence-corrected chi connectivity index (χ1v) is 10.6. The number of rotatable bonds is 7. The van der Waals surface area contributed by atoms with Crippen LogP contribution in [0.15, 0.2) is 53.6 Å². The molecule has 2 aromatic carbocycles. The number of aromatic hydroxyl groups is 3. The Morgan fingerprint density at radius 3 is 2.45 bits per heavy atom. The fourth-order valence-corrected chi connectivity index (χ4v) is 3.77. The van der Waals surface area contributed by atoms with Crippen LogP contribution in [-0.2, 0) is 6.42 Å². The smallest absolute Gasteiger partial charge is 0.174 e. The van der Waals surface area contributed by atoms with Crippen LogP contribution < -0.4 is 4.74 Å². The molecule has 164 valence electrons. The van der Waals surface area contributed by atoms with Crippen molar-refractivity contribution in [2.24, 2.45) is 0 Å². The Morgan fingerprint density at radius 1 is 1.06 bits per heavy atom. The summed E-state index contributed by atoms with van der Waals surface area (Å²) in [6, 6.07) is 7.87. The number of hydrogen-bond donors (Lipinski definition) is 3. The summed E-state index contributed by atoms with van der Waals surface area (Å²) in [6.45, 7) is 6.24. The second-order valence-electron chi connectivity index (χ2n) is 8.33. The maximum atomic E-state index is 12.8. The number of allylic oxidation sites excluding steroid dienone is 4. The predicted molar refractivity (Wildman–Crippen MR) is 121 cm³/mol.